The number of guanidine groups is 1. The van der Waals surface area contributed by atoms with Crippen LogP contribution in [0.25, 0.3) is 0 Å². The van der Waals surface area contributed by atoms with Crippen LogP contribution in [0.2, 0.25) is 0 Å². The summed E-state index contributed by atoms with van der Waals surface area (Å²) in [6.07, 6.45) is 2.40. The van der Waals surface area contributed by atoms with E-state index in [1.807, 2.05) is 0 Å². The largest absolute Gasteiger partial charge is 0.357 e. The van der Waals surface area contributed by atoms with Gasteiger partial charge in [-0.05, 0) is 66.7 Å². The molecule has 0 aliphatic heterocycles. The van der Waals surface area contributed by atoms with Gasteiger partial charge in [0.1, 0.15) is 0 Å². The van der Waals surface area contributed by atoms with Gasteiger partial charge in [-0.3, -0.25) is 9.89 Å². The van der Waals surface area contributed by atoms with Crippen molar-refractivity contribution in [2.45, 2.75) is 73.4 Å². The number of halogens is 1. The Hall–Kier alpha value is -0.0800. The average molecular weight is 470 g/mol. The van der Waals surface area contributed by atoms with Gasteiger partial charge in [0.2, 0.25) is 0 Å². The predicted octanol–water partition coefficient (Wildman–Crippen LogP) is 3.40. The Bertz CT molecular complexity index is 319. The quantitative estimate of drug-likeness (QED) is 0.247. The van der Waals surface area contributed by atoms with Crippen molar-refractivity contribution in [3.63, 3.8) is 0 Å². The van der Waals surface area contributed by atoms with Crippen LogP contribution in [0.4, 0.5) is 0 Å². The number of aliphatic imine (C=N–C) groups is 1. The number of hydrogen-bond donors (Lipinski definition) is 2. The van der Waals surface area contributed by atoms with Crippen LogP contribution in [0, 0.1) is 0 Å². The minimum absolute atomic E-state index is 0. The second kappa shape index (κ2) is 17.3. The smallest absolute Gasteiger partial charge is 0.191 e. The van der Waals surface area contributed by atoms with Gasteiger partial charge in [-0.25, -0.2) is 0 Å². The number of likely N-dealkylation sites (N-methyl/N-ethyl adjacent to an activating group) is 1. The monoisotopic (exact) mass is 469 g/mol. The molecule has 0 aliphatic carbocycles. The molecule has 0 amide bonds. The zero-order valence-electron chi connectivity index (χ0n) is 17.8. The van der Waals surface area contributed by atoms with E-state index in [1.54, 1.807) is 0 Å². The molecule has 0 fully saturated rings. The Morgan fingerprint density at radius 2 is 1.60 bits per heavy atom. The molecule has 0 saturated carbocycles. The maximum atomic E-state index is 4.74. The molecule has 0 radical (unpaired) electrons. The van der Waals surface area contributed by atoms with Gasteiger partial charge in [-0.1, -0.05) is 20.8 Å². The molecule has 0 bridgehead atoms. The van der Waals surface area contributed by atoms with E-state index in [4.69, 9.17) is 4.99 Å². The first-order valence-corrected chi connectivity index (χ1v) is 9.99. The summed E-state index contributed by atoms with van der Waals surface area (Å²) in [7, 11) is 0. The van der Waals surface area contributed by atoms with E-state index >= 15 is 0 Å². The summed E-state index contributed by atoms with van der Waals surface area (Å²) in [6, 6.07) is 1.03. The molecule has 0 aromatic carbocycles. The lowest BCUT2D eigenvalue weighted by Gasteiger charge is -2.24. The van der Waals surface area contributed by atoms with Crippen molar-refractivity contribution >= 4 is 29.9 Å². The molecule has 0 rings (SSSR count). The highest BCUT2D eigenvalue weighted by molar-refractivity contribution is 14.0. The zero-order valence-corrected chi connectivity index (χ0v) is 20.1. The summed E-state index contributed by atoms with van der Waals surface area (Å²) in [5.74, 6) is 0.952. The summed E-state index contributed by atoms with van der Waals surface area (Å²) in [4.78, 5) is 9.67. The van der Waals surface area contributed by atoms with Crippen molar-refractivity contribution in [3.8, 4) is 0 Å². The molecule has 0 spiro atoms. The van der Waals surface area contributed by atoms with Crippen LogP contribution in [0.15, 0.2) is 4.99 Å². The van der Waals surface area contributed by atoms with Crippen molar-refractivity contribution in [2.24, 2.45) is 4.99 Å². The van der Waals surface area contributed by atoms with E-state index < -0.39 is 0 Å². The maximum absolute atomic E-state index is 4.74. The Morgan fingerprint density at radius 3 is 2.08 bits per heavy atom. The molecule has 5 nitrogen and oxygen atoms in total. The Morgan fingerprint density at radius 1 is 0.960 bits per heavy atom. The number of nitrogens with zero attached hydrogens (tertiary/aromatic N) is 3. The van der Waals surface area contributed by atoms with Crippen LogP contribution in [0.3, 0.4) is 0 Å². The molecule has 0 heterocycles. The van der Waals surface area contributed by atoms with Crippen LogP contribution in [0.5, 0.6) is 0 Å². The minimum Gasteiger partial charge on any atom is -0.357 e. The molecule has 0 aliphatic rings. The van der Waals surface area contributed by atoms with E-state index in [1.165, 1.54) is 19.4 Å². The normalized spacial score (nSPS) is 13.3. The summed E-state index contributed by atoms with van der Waals surface area (Å²) in [5.41, 5.74) is 0. The highest BCUT2D eigenvalue weighted by Crippen LogP contribution is 2.00. The highest BCUT2D eigenvalue weighted by atomic mass is 127. The van der Waals surface area contributed by atoms with Gasteiger partial charge in [0, 0.05) is 25.2 Å². The Kier molecular flexibility index (Phi) is 18.8. The number of hydrogen-bond acceptors (Lipinski definition) is 3. The number of nitrogens with one attached hydrogen (secondary N) is 2. The molecule has 0 aromatic heterocycles. The van der Waals surface area contributed by atoms with Gasteiger partial charge >= 0.3 is 0 Å². The summed E-state index contributed by atoms with van der Waals surface area (Å²) < 4.78 is 0. The highest BCUT2D eigenvalue weighted by Gasteiger charge is 2.08. The minimum atomic E-state index is 0. The topological polar surface area (TPSA) is 42.9 Å². The Labute approximate surface area is 174 Å². The van der Waals surface area contributed by atoms with Gasteiger partial charge in [0.25, 0.3) is 0 Å². The summed E-state index contributed by atoms with van der Waals surface area (Å²) in [5, 5.41) is 6.92. The summed E-state index contributed by atoms with van der Waals surface area (Å²) >= 11 is 0. The van der Waals surface area contributed by atoms with Crippen molar-refractivity contribution in [1.82, 2.24) is 20.4 Å². The van der Waals surface area contributed by atoms with Gasteiger partial charge in [-0.15, -0.1) is 24.0 Å². The molecule has 1 unspecified atom stereocenters. The van der Waals surface area contributed by atoms with Gasteiger partial charge in [0.15, 0.2) is 5.96 Å². The third-order valence-corrected chi connectivity index (χ3v) is 4.53. The van der Waals surface area contributed by atoms with Crippen LogP contribution in [0.1, 0.15) is 61.3 Å². The first-order chi connectivity index (χ1) is 11.5. The van der Waals surface area contributed by atoms with E-state index in [-0.39, 0.29) is 24.0 Å². The molecule has 0 aromatic rings. The SMILES string of the molecule is CCNC(=NCCN(CC)C(C)C)NC(C)CCCN(CC)CC.I. The van der Waals surface area contributed by atoms with Crippen LogP contribution in [-0.4, -0.2) is 73.7 Å². The van der Waals surface area contributed by atoms with Crippen molar-refractivity contribution in [3.05, 3.63) is 0 Å². The molecular weight excluding hydrogens is 425 g/mol. The van der Waals surface area contributed by atoms with Gasteiger partial charge in [-0.2, -0.15) is 0 Å². The second-order valence-electron chi connectivity index (χ2n) is 6.70. The Balaban J connectivity index is 0. The van der Waals surface area contributed by atoms with E-state index in [9.17, 15) is 0 Å². The fourth-order valence-electron chi connectivity index (χ4n) is 2.86. The second-order valence-corrected chi connectivity index (χ2v) is 6.70. The fraction of sp³-hybridized carbons (Fsp3) is 0.947. The third-order valence-electron chi connectivity index (χ3n) is 4.53. The first kappa shape index (κ1) is 27.1. The van der Waals surface area contributed by atoms with E-state index in [0.717, 1.165) is 45.2 Å². The molecule has 6 heteroatoms. The lowest BCUT2D eigenvalue weighted by molar-refractivity contribution is 0.240. The van der Waals surface area contributed by atoms with Crippen molar-refractivity contribution in [2.75, 3.05) is 45.8 Å². The van der Waals surface area contributed by atoms with Crippen LogP contribution >= 0.6 is 24.0 Å². The first-order valence-electron chi connectivity index (χ1n) is 9.99. The zero-order chi connectivity index (χ0) is 18.4. The maximum Gasteiger partial charge on any atom is 0.191 e. The van der Waals surface area contributed by atoms with E-state index in [2.05, 4.69) is 68.9 Å². The summed E-state index contributed by atoms with van der Waals surface area (Å²) in [6.45, 7) is 22.9. The van der Waals surface area contributed by atoms with Crippen LogP contribution in [-0.2, 0) is 0 Å². The van der Waals surface area contributed by atoms with Crippen LogP contribution < -0.4 is 10.6 Å². The molecule has 25 heavy (non-hydrogen) atoms. The fourth-order valence-corrected chi connectivity index (χ4v) is 2.86. The number of rotatable bonds is 13. The standard InChI is InChI=1S/C19H43N5.HI/c1-8-20-19(21-14-16-24(11-4)17(5)6)22-18(7)13-12-15-23(9-2)10-3;/h17-18H,8-16H2,1-7H3,(H2,20,21,22);1H. The molecule has 2 N–H and O–H groups in total. The molecule has 1 atom stereocenters. The molecular formula is C19H44IN5. The lowest BCUT2D eigenvalue weighted by atomic mass is 10.2. The molecule has 152 valence electrons. The molecule has 0 saturated heterocycles. The van der Waals surface area contributed by atoms with E-state index in [0.29, 0.717) is 12.1 Å². The van der Waals surface area contributed by atoms with Crippen molar-refractivity contribution < 1.29 is 0 Å². The van der Waals surface area contributed by atoms with Gasteiger partial charge < -0.3 is 15.5 Å². The third kappa shape index (κ3) is 13.7. The van der Waals surface area contributed by atoms with Gasteiger partial charge in [0.05, 0.1) is 6.54 Å². The average Bonchev–Trinajstić information content (AvgIpc) is 2.55. The lowest BCUT2D eigenvalue weighted by Crippen LogP contribution is -2.43. The van der Waals surface area contributed by atoms with Crippen molar-refractivity contribution in [1.29, 1.82) is 0 Å². The predicted molar refractivity (Wildman–Crippen MR) is 123 cm³/mol.